The summed E-state index contributed by atoms with van der Waals surface area (Å²) in [6, 6.07) is 0.410. The number of carbonyl (C=O) groups excluding carboxylic acids is 1. The molecule has 0 spiro atoms. The molecule has 2 heterocycles. The van der Waals surface area contributed by atoms with Crippen molar-refractivity contribution < 1.29 is 4.79 Å². The van der Waals surface area contributed by atoms with Crippen molar-refractivity contribution in [2.45, 2.75) is 45.6 Å². The van der Waals surface area contributed by atoms with Gasteiger partial charge in [0.15, 0.2) is 5.82 Å². The summed E-state index contributed by atoms with van der Waals surface area (Å²) in [6.07, 6.45) is 6.32. The van der Waals surface area contributed by atoms with E-state index in [0.717, 1.165) is 24.3 Å². The van der Waals surface area contributed by atoms with Crippen molar-refractivity contribution in [3.8, 4) is 0 Å². The maximum Gasteiger partial charge on any atom is 0.246 e. The summed E-state index contributed by atoms with van der Waals surface area (Å²) < 4.78 is 0. The quantitative estimate of drug-likeness (QED) is 0.748. The van der Waals surface area contributed by atoms with Crippen LogP contribution in [0.5, 0.6) is 0 Å². The molecule has 0 aromatic carbocycles. The van der Waals surface area contributed by atoms with Gasteiger partial charge in [-0.25, -0.2) is 4.98 Å². The molecule has 0 bridgehead atoms. The van der Waals surface area contributed by atoms with Crippen molar-refractivity contribution in [3.63, 3.8) is 0 Å². The van der Waals surface area contributed by atoms with E-state index in [4.69, 9.17) is 11.6 Å². The van der Waals surface area contributed by atoms with Crippen LogP contribution in [-0.4, -0.2) is 35.5 Å². The van der Waals surface area contributed by atoms with Crippen LogP contribution in [0.1, 0.15) is 39.5 Å². The van der Waals surface area contributed by atoms with Gasteiger partial charge in [-0.05, 0) is 24.4 Å². The lowest BCUT2D eigenvalue weighted by molar-refractivity contribution is -0.117. The number of hydrogen-bond donors (Lipinski definition) is 0. The Hall–Kier alpha value is -1.36. The summed E-state index contributed by atoms with van der Waals surface area (Å²) in [6.45, 7) is 4.39. The molecule has 1 aromatic rings. The fourth-order valence-electron chi connectivity index (χ4n) is 2.77. The van der Waals surface area contributed by atoms with Crippen molar-refractivity contribution in [2.75, 3.05) is 23.4 Å². The minimum atomic E-state index is 0.0836. The van der Waals surface area contributed by atoms with Crippen molar-refractivity contribution in [1.82, 2.24) is 9.97 Å². The highest BCUT2D eigenvalue weighted by Crippen LogP contribution is 2.36. The first-order valence-electron chi connectivity index (χ1n) is 7.22. The molecular formula is C14H21ClN4O. The fourth-order valence-corrected chi connectivity index (χ4v) is 2.90. The number of amides is 1. The maximum atomic E-state index is 12.0. The summed E-state index contributed by atoms with van der Waals surface area (Å²) in [4.78, 5) is 24.0. The monoisotopic (exact) mass is 296 g/mol. The van der Waals surface area contributed by atoms with E-state index < -0.39 is 0 Å². The molecule has 1 amide bonds. The molecule has 0 saturated heterocycles. The van der Waals surface area contributed by atoms with Gasteiger partial charge in [-0.15, -0.1) is 0 Å². The zero-order valence-electron chi connectivity index (χ0n) is 12.3. The zero-order valence-corrected chi connectivity index (χ0v) is 13.0. The minimum Gasteiger partial charge on any atom is -0.342 e. The number of anilines is 2. The molecule has 1 aromatic heterocycles. The van der Waals surface area contributed by atoms with Crippen molar-refractivity contribution >= 4 is 29.0 Å². The Morgan fingerprint density at radius 1 is 1.30 bits per heavy atom. The highest BCUT2D eigenvalue weighted by atomic mass is 35.5. The van der Waals surface area contributed by atoms with Crippen LogP contribution in [0.25, 0.3) is 0 Å². The van der Waals surface area contributed by atoms with Crippen LogP contribution in [0.4, 0.5) is 11.5 Å². The molecule has 20 heavy (non-hydrogen) atoms. The fraction of sp³-hybridized carbons (Fsp3) is 0.643. The highest BCUT2D eigenvalue weighted by molar-refractivity contribution is 6.28. The molecule has 6 heteroatoms. The SMILES string of the molecule is CC.CN1C(=O)CN(C2CCCC2)c2nc(Cl)ncc21. The summed E-state index contributed by atoms with van der Waals surface area (Å²) in [7, 11) is 1.75. The average Bonchev–Trinajstić information content (AvgIpc) is 2.99. The van der Waals surface area contributed by atoms with E-state index in [1.807, 2.05) is 13.8 Å². The second kappa shape index (κ2) is 6.39. The number of carbonyl (C=O) groups is 1. The van der Waals surface area contributed by atoms with Crippen molar-refractivity contribution in [2.24, 2.45) is 0 Å². The van der Waals surface area contributed by atoms with E-state index in [2.05, 4.69) is 14.9 Å². The average molecular weight is 297 g/mol. The first-order valence-corrected chi connectivity index (χ1v) is 7.60. The van der Waals surface area contributed by atoms with E-state index >= 15 is 0 Å². The number of rotatable bonds is 1. The molecular weight excluding hydrogens is 276 g/mol. The van der Waals surface area contributed by atoms with E-state index in [0.29, 0.717) is 12.6 Å². The number of fused-ring (bicyclic) bond motifs is 1. The molecule has 1 saturated carbocycles. The Morgan fingerprint density at radius 3 is 2.60 bits per heavy atom. The molecule has 3 rings (SSSR count). The molecule has 0 atom stereocenters. The molecule has 1 aliphatic carbocycles. The van der Waals surface area contributed by atoms with Crippen molar-refractivity contribution in [1.29, 1.82) is 0 Å². The van der Waals surface area contributed by atoms with E-state index in [1.165, 1.54) is 12.8 Å². The zero-order chi connectivity index (χ0) is 14.7. The molecule has 1 fully saturated rings. The van der Waals surface area contributed by atoms with Gasteiger partial charge in [-0.3, -0.25) is 4.79 Å². The van der Waals surface area contributed by atoms with Crippen LogP contribution in [-0.2, 0) is 4.79 Å². The van der Waals surface area contributed by atoms with Crippen LogP contribution in [0.15, 0.2) is 6.20 Å². The van der Waals surface area contributed by atoms with Gasteiger partial charge < -0.3 is 9.80 Å². The van der Waals surface area contributed by atoms with E-state index in [9.17, 15) is 4.79 Å². The standard InChI is InChI=1S/C12H15ClN4O.C2H6/c1-16-9-6-14-12(13)15-11(9)17(7-10(16)18)8-4-2-3-5-8;1-2/h6,8H,2-5,7H2,1H3;1-2H3. The summed E-state index contributed by atoms with van der Waals surface area (Å²) in [5, 5.41) is 0.236. The number of likely N-dealkylation sites (N-methyl/N-ethyl adjacent to an activating group) is 1. The lowest BCUT2D eigenvalue weighted by Crippen LogP contribution is -2.48. The Bertz CT molecular complexity index is 488. The first kappa shape index (κ1) is 15.0. The summed E-state index contributed by atoms with van der Waals surface area (Å²) in [5.41, 5.74) is 0.752. The smallest absolute Gasteiger partial charge is 0.246 e. The van der Waals surface area contributed by atoms with Crippen LogP contribution >= 0.6 is 11.6 Å². The maximum absolute atomic E-state index is 12.0. The van der Waals surface area contributed by atoms with Gasteiger partial charge in [-0.1, -0.05) is 26.7 Å². The van der Waals surface area contributed by atoms with Gasteiger partial charge in [0.25, 0.3) is 0 Å². The normalized spacial score (nSPS) is 18.7. The predicted octanol–water partition coefficient (Wildman–Crippen LogP) is 2.88. The third kappa shape index (κ3) is 2.73. The van der Waals surface area contributed by atoms with Crippen LogP contribution in [0, 0.1) is 0 Å². The Labute approximate surface area is 124 Å². The first-order chi connectivity index (χ1) is 9.66. The molecule has 0 unspecified atom stereocenters. The number of halogens is 1. The van der Waals surface area contributed by atoms with E-state index in [-0.39, 0.29) is 11.2 Å². The number of hydrogen-bond acceptors (Lipinski definition) is 4. The second-order valence-corrected chi connectivity index (χ2v) is 5.20. The second-order valence-electron chi connectivity index (χ2n) is 4.87. The van der Waals surface area contributed by atoms with Crippen molar-refractivity contribution in [3.05, 3.63) is 11.5 Å². The molecule has 1 aliphatic heterocycles. The van der Waals surface area contributed by atoms with Crippen LogP contribution in [0.3, 0.4) is 0 Å². The third-order valence-electron chi connectivity index (χ3n) is 3.80. The number of nitrogens with zero attached hydrogens (tertiary/aromatic N) is 4. The Kier molecular flexibility index (Phi) is 4.81. The largest absolute Gasteiger partial charge is 0.342 e. The van der Waals surface area contributed by atoms with Gasteiger partial charge in [0.2, 0.25) is 11.2 Å². The van der Waals surface area contributed by atoms with Gasteiger partial charge in [0, 0.05) is 13.1 Å². The van der Waals surface area contributed by atoms with Gasteiger partial charge >= 0.3 is 0 Å². The lowest BCUT2D eigenvalue weighted by Gasteiger charge is -2.37. The molecule has 2 aliphatic rings. The minimum absolute atomic E-state index is 0.0836. The third-order valence-corrected chi connectivity index (χ3v) is 3.98. The summed E-state index contributed by atoms with van der Waals surface area (Å²) in [5.74, 6) is 0.879. The lowest BCUT2D eigenvalue weighted by atomic mass is 10.1. The predicted molar refractivity (Wildman–Crippen MR) is 81.4 cm³/mol. The number of aromatic nitrogens is 2. The molecule has 0 radical (unpaired) electrons. The van der Waals surface area contributed by atoms with Crippen LogP contribution in [0.2, 0.25) is 5.28 Å². The Morgan fingerprint density at radius 2 is 1.95 bits per heavy atom. The van der Waals surface area contributed by atoms with Crippen LogP contribution < -0.4 is 9.80 Å². The van der Waals surface area contributed by atoms with Gasteiger partial charge in [-0.2, -0.15) is 4.98 Å². The molecule has 5 nitrogen and oxygen atoms in total. The topological polar surface area (TPSA) is 49.3 Å². The van der Waals surface area contributed by atoms with E-state index in [1.54, 1.807) is 18.1 Å². The van der Waals surface area contributed by atoms with Gasteiger partial charge in [0.1, 0.15) is 5.69 Å². The summed E-state index contributed by atoms with van der Waals surface area (Å²) >= 11 is 5.88. The van der Waals surface area contributed by atoms with Gasteiger partial charge in [0.05, 0.1) is 12.7 Å². The molecule has 0 N–H and O–H groups in total. The Balaban J connectivity index is 0.000000704. The highest BCUT2D eigenvalue weighted by Gasteiger charge is 2.34. The molecule has 110 valence electrons.